The first-order chi connectivity index (χ1) is 9.00. The third kappa shape index (κ3) is 3.31. The van der Waals surface area contributed by atoms with Crippen molar-refractivity contribution in [1.82, 2.24) is 19.2 Å². The quantitative estimate of drug-likeness (QED) is 0.775. The van der Waals surface area contributed by atoms with Gasteiger partial charge in [-0.05, 0) is 12.1 Å². The zero-order valence-electron chi connectivity index (χ0n) is 11.1. The van der Waals surface area contributed by atoms with Gasteiger partial charge in [0.1, 0.15) is 0 Å². The van der Waals surface area contributed by atoms with E-state index < -0.39 is 10.0 Å². The molecule has 0 fully saturated rings. The first-order valence-electron chi connectivity index (χ1n) is 6.03. The number of fused-ring (bicyclic) bond motifs is 1. The lowest BCUT2D eigenvalue weighted by Gasteiger charge is -2.11. The third-order valence-electron chi connectivity index (χ3n) is 2.91. The molecule has 0 aromatic carbocycles. The van der Waals surface area contributed by atoms with Gasteiger partial charge in [-0.15, -0.1) is 0 Å². The number of nitrogens with one attached hydrogen (secondary N) is 1. The molecule has 0 saturated heterocycles. The molecule has 104 valence electrons. The zero-order chi connectivity index (χ0) is 13.9. The summed E-state index contributed by atoms with van der Waals surface area (Å²) in [6, 6.07) is 5.86. The van der Waals surface area contributed by atoms with Crippen LogP contribution in [0.4, 0.5) is 0 Å². The van der Waals surface area contributed by atoms with Crippen LogP contribution in [-0.4, -0.2) is 48.7 Å². The molecule has 0 amide bonds. The molecule has 0 saturated carbocycles. The molecular weight excluding hydrogens is 264 g/mol. The van der Waals surface area contributed by atoms with E-state index in [1.54, 1.807) is 24.8 Å². The highest BCUT2D eigenvalue weighted by molar-refractivity contribution is 7.89. The molecule has 0 atom stereocenters. The highest BCUT2D eigenvalue weighted by atomic mass is 32.2. The van der Waals surface area contributed by atoms with Crippen molar-refractivity contribution in [3.05, 3.63) is 36.2 Å². The van der Waals surface area contributed by atoms with Gasteiger partial charge in [0, 0.05) is 38.9 Å². The van der Waals surface area contributed by atoms with Gasteiger partial charge in [-0.1, -0.05) is 6.07 Å². The molecule has 2 aromatic heterocycles. The Balaban J connectivity index is 1.90. The van der Waals surface area contributed by atoms with E-state index in [1.165, 1.54) is 4.31 Å². The molecule has 0 aliphatic carbocycles. The minimum atomic E-state index is -3.13. The average Bonchev–Trinajstić information content (AvgIpc) is 2.78. The van der Waals surface area contributed by atoms with Crippen LogP contribution >= 0.6 is 0 Å². The lowest BCUT2D eigenvalue weighted by Crippen LogP contribution is -2.30. The smallest absolute Gasteiger partial charge is 0.214 e. The fourth-order valence-corrected chi connectivity index (χ4v) is 2.50. The molecule has 0 aliphatic heterocycles. The van der Waals surface area contributed by atoms with Crippen LogP contribution in [0.5, 0.6) is 0 Å². The predicted octanol–water partition coefficient (Wildman–Crippen LogP) is 0.315. The van der Waals surface area contributed by atoms with Crippen molar-refractivity contribution in [3.8, 4) is 0 Å². The largest absolute Gasteiger partial charge is 0.311 e. The summed E-state index contributed by atoms with van der Waals surface area (Å²) < 4.78 is 26.2. The number of pyridine rings is 1. The Bertz CT molecular complexity index is 649. The molecule has 2 aromatic rings. The summed E-state index contributed by atoms with van der Waals surface area (Å²) in [6.45, 7) is 1.03. The summed E-state index contributed by atoms with van der Waals surface area (Å²) in [6.07, 6.45) is 3.68. The second-order valence-corrected chi connectivity index (χ2v) is 6.78. The summed E-state index contributed by atoms with van der Waals surface area (Å²) >= 11 is 0. The molecule has 0 unspecified atom stereocenters. The van der Waals surface area contributed by atoms with Gasteiger partial charge in [-0.25, -0.2) is 17.2 Å². The molecule has 0 bridgehead atoms. The lowest BCUT2D eigenvalue weighted by molar-refractivity contribution is 0.517. The fraction of sp³-hybridized carbons (Fsp3) is 0.417. The van der Waals surface area contributed by atoms with Gasteiger partial charge in [-0.2, -0.15) is 5.10 Å². The Morgan fingerprint density at radius 1 is 1.37 bits per heavy atom. The zero-order valence-corrected chi connectivity index (χ0v) is 11.9. The van der Waals surface area contributed by atoms with Crippen molar-refractivity contribution in [2.45, 2.75) is 6.54 Å². The molecule has 2 heterocycles. The van der Waals surface area contributed by atoms with Crippen LogP contribution < -0.4 is 5.32 Å². The Kier molecular flexibility index (Phi) is 4.18. The van der Waals surface area contributed by atoms with E-state index in [1.807, 2.05) is 24.4 Å². The molecular formula is C12H18N4O2S. The highest BCUT2D eigenvalue weighted by Gasteiger charge is 2.12. The van der Waals surface area contributed by atoms with Crippen LogP contribution in [0.2, 0.25) is 0 Å². The lowest BCUT2D eigenvalue weighted by atomic mass is 10.2. The van der Waals surface area contributed by atoms with E-state index in [0.29, 0.717) is 13.1 Å². The summed E-state index contributed by atoms with van der Waals surface area (Å²) in [7, 11) is -0.0472. The minimum Gasteiger partial charge on any atom is -0.311 e. The van der Waals surface area contributed by atoms with E-state index in [0.717, 1.165) is 11.1 Å². The van der Waals surface area contributed by atoms with Crippen LogP contribution in [0.3, 0.4) is 0 Å². The Labute approximate surface area is 113 Å². The van der Waals surface area contributed by atoms with E-state index in [4.69, 9.17) is 0 Å². The standard InChI is InChI=1S/C12H18N4O2S/c1-15(2)19(17,18)8-6-13-9-11-10-14-16-7-4-3-5-12(11)16/h3-5,7,10,13H,6,8-9H2,1-2H3. The van der Waals surface area contributed by atoms with Crippen LogP contribution in [0.1, 0.15) is 5.56 Å². The molecule has 19 heavy (non-hydrogen) atoms. The molecule has 0 spiro atoms. The first-order valence-corrected chi connectivity index (χ1v) is 7.64. The Hall–Kier alpha value is -1.44. The van der Waals surface area contributed by atoms with Crippen molar-refractivity contribution in [3.63, 3.8) is 0 Å². The van der Waals surface area contributed by atoms with Crippen molar-refractivity contribution >= 4 is 15.5 Å². The fourth-order valence-electron chi connectivity index (χ4n) is 1.73. The number of sulfonamides is 1. The third-order valence-corrected chi connectivity index (χ3v) is 4.75. The first kappa shape index (κ1) is 14.0. The van der Waals surface area contributed by atoms with Crippen molar-refractivity contribution < 1.29 is 8.42 Å². The summed E-state index contributed by atoms with van der Waals surface area (Å²) in [4.78, 5) is 0. The summed E-state index contributed by atoms with van der Waals surface area (Å²) in [5, 5.41) is 7.36. The maximum Gasteiger partial charge on any atom is 0.214 e. The van der Waals surface area contributed by atoms with Crippen molar-refractivity contribution in [2.24, 2.45) is 0 Å². The van der Waals surface area contributed by atoms with Gasteiger partial charge in [0.15, 0.2) is 0 Å². The van der Waals surface area contributed by atoms with E-state index in [2.05, 4.69) is 10.4 Å². The number of nitrogens with zero attached hydrogens (tertiary/aromatic N) is 3. The van der Waals surface area contributed by atoms with Crippen molar-refractivity contribution in [2.75, 3.05) is 26.4 Å². The topological polar surface area (TPSA) is 66.7 Å². The monoisotopic (exact) mass is 282 g/mol. The SMILES string of the molecule is CN(C)S(=O)(=O)CCNCc1cnn2ccccc12. The van der Waals surface area contributed by atoms with Gasteiger partial charge < -0.3 is 5.32 Å². The average molecular weight is 282 g/mol. The molecule has 6 nitrogen and oxygen atoms in total. The second kappa shape index (κ2) is 5.68. The van der Waals surface area contributed by atoms with Crippen molar-refractivity contribution in [1.29, 1.82) is 0 Å². The highest BCUT2D eigenvalue weighted by Crippen LogP contribution is 2.09. The van der Waals surface area contributed by atoms with Crippen LogP contribution in [0, 0.1) is 0 Å². The number of hydrogen-bond acceptors (Lipinski definition) is 4. The van der Waals surface area contributed by atoms with Crippen LogP contribution in [-0.2, 0) is 16.6 Å². The van der Waals surface area contributed by atoms with E-state index in [-0.39, 0.29) is 5.75 Å². The molecule has 1 N–H and O–H groups in total. The molecule has 2 rings (SSSR count). The summed E-state index contributed by atoms with van der Waals surface area (Å²) in [5.41, 5.74) is 2.09. The van der Waals surface area contributed by atoms with Gasteiger partial charge in [0.2, 0.25) is 10.0 Å². The molecule has 0 radical (unpaired) electrons. The van der Waals surface area contributed by atoms with Gasteiger partial charge >= 0.3 is 0 Å². The number of hydrogen-bond donors (Lipinski definition) is 1. The van der Waals surface area contributed by atoms with Crippen LogP contribution in [0.25, 0.3) is 5.52 Å². The maximum atomic E-state index is 11.6. The Morgan fingerprint density at radius 3 is 2.89 bits per heavy atom. The number of rotatable bonds is 6. The molecule has 7 heteroatoms. The number of aromatic nitrogens is 2. The van der Waals surface area contributed by atoms with Crippen LogP contribution in [0.15, 0.2) is 30.6 Å². The second-order valence-electron chi connectivity index (χ2n) is 4.48. The van der Waals surface area contributed by atoms with Gasteiger partial charge in [-0.3, -0.25) is 0 Å². The predicted molar refractivity (Wildman–Crippen MR) is 74.4 cm³/mol. The molecule has 0 aliphatic rings. The maximum absolute atomic E-state index is 11.6. The summed E-state index contributed by atoms with van der Waals surface area (Å²) in [5.74, 6) is 0.0964. The van der Waals surface area contributed by atoms with E-state index >= 15 is 0 Å². The van der Waals surface area contributed by atoms with E-state index in [9.17, 15) is 8.42 Å². The normalized spacial score (nSPS) is 12.4. The van der Waals surface area contributed by atoms with Gasteiger partial charge in [0.05, 0.1) is 17.5 Å². The Morgan fingerprint density at radius 2 is 2.16 bits per heavy atom. The minimum absolute atomic E-state index is 0.0964. The van der Waals surface area contributed by atoms with Gasteiger partial charge in [0.25, 0.3) is 0 Å².